The van der Waals surface area contributed by atoms with Crippen molar-refractivity contribution in [3.8, 4) is 0 Å². The largest absolute Gasteiger partial charge is 0.481 e. The lowest BCUT2D eigenvalue weighted by Crippen LogP contribution is -2.56. The van der Waals surface area contributed by atoms with Crippen molar-refractivity contribution in [2.45, 2.75) is 51.0 Å². The van der Waals surface area contributed by atoms with Crippen molar-refractivity contribution >= 4 is 11.9 Å². The number of carbonyl (C=O) groups excluding carboxylic acids is 1. The maximum atomic E-state index is 12.2. The summed E-state index contributed by atoms with van der Waals surface area (Å²) in [7, 11) is 0. The zero-order chi connectivity index (χ0) is 13.2. The highest BCUT2D eigenvalue weighted by Crippen LogP contribution is 2.40. The van der Waals surface area contributed by atoms with Gasteiger partial charge in [-0.05, 0) is 38.6 Å². The molecule has 0 aromatic rings. The molecule has 5 nitrogen and oxygen atoms in total. The van der Waals surface area contributed by atoms with E-state index in [-0.39, 0.29) is 12.5 Å². The molecule has 1 saturated heterocycles. The summed E-state index contributed by atoms with van der Waals surface area (Å²) < 4.78 is 0. The second kappa shape index (κ2) is 4.88. The average Bonchev–Trinajstić information content (AvgIpc) is 2.76. The molecule has 0 aromatic carbocycles. The first-order valence-corrected chi connectivity index (χ1v) is 6.81. The van der Waals surface area contributed by atoms with E-state index in [1.54, 1.807) is 0 Å². The fourth-order valence-electron chi connectivity index (χ4n) is 2.95. The molecule has 1 amide bonds. The van der Waals surface area contributed by atoms with E-state index in [0.717, 1.165) is 32.2 Å². The molecular weight excluding hydrogens is 232 g/mol. The summed E-state index contributed by atoms with van der Waals surface area (Å²) in [5.41, 5.74) is -1.17. The zero-order valence-electron chi connectivity index (χ0n) is 10.9. The van der Waals surface area contributed by atoms with Gasteiger partial charge < -0.3 is 15.7 Å². The van der Waals surface area contributed by atoms with Crippen molar-refractivity contribution in [3.63, 3.8) is 0 Å². The lowest BCUT2D eigenvalue weighted by molar-refractivity contribution is -0.154. The first kappa shape index (κ1) is 13.3. The molecule has 1 heterocycles. The summed E-state index contributed by atoms with van der Waals surface area (Å²) in [5.74, 6) is -0.811. The van der Waals surface area contributed by atoms with Gasteiger partial charge in [-0.1, -0.05) is 13.3 Å². The SMILES string of the molecule is CCC1(C(=O)NCC2(C(=O)O)CCC2)CCCN1. The Morgan fingerprint density at radius 2 is 2.00 bits per heavy atom. The van der Waals surface area contributed by atoms with Crippen molar-refractivity contribution in [1.29, 1.82) is 0 Å². The Morgan fingerprint density at radius 3 is 2.39 bits per heavy atom. The van der Waals surface area contributed by atoms with Gasteiger partial charge in [-0.2, -0.15) is 0 Å². The van der Waals surface area contributed by atoms with E-state index in [2.05, 4.69) is 10.6 Å². The van der Waals surface area contributed by atoms with Crippen LogP contribution in [0.1, 0.15) is 45.4 Å². The van der Waals surface area contributed by atoms with Crippen molar-refractivity contribution < 1.29 is 14.7 Å². The van der Waals surface area contributed by atoms with Crippen LogP contribution in [0.4, 0.5) is 0 Å². The molecule has 1 aliphatic carbocycles. The van der Waals surface area contributed by atoms with Gasteiger partial charge in [-0.3, -0.25) is 9.59 Å². The van der Waals surface area contributed by atoms with Crippen LogP contribution in [0.2, 0.25) is 0 Å². The monoisotopic (exact) mass is 254 g/mol. The number of rotatable bonds is 5. The topological polar surface area (TPSA) is 78.4 Å². The second-order valence-electron chi connectivity index (χ2n) is 5.59. The minimum Gasteiger partial charge on any atom is -0.481 e. The average molecular weight is 254 g/mol. The molecule has 1 unspecified atom stereocenters. The van der Waals surface area contributed by atoms with Crippen molar-refractivity contribution in [3.05, 3.63) is 0 Å². The van der Waals surface area contributed by atoms with Crippen molar-refractivity contribution in [2.75, 3.05) is 13.1 Å². The van der Waals surface area contributed by atoms with Crippen LogP contribution in [0, 0.1) is 5.41 Å². The highest BCUT2D eigenvalue weighted by molar-refractivity contribution is 5.87. The molecule has 102 valence electrons. The number of carboxylic acid groups (broad SMARTS) is 1. The fraction of sp³-hybridized carbons (Fsp3) is 0.846. The highest BCUT2D eigenvalue weighted by atomic mass is 16.4. The van der Waals surface area contributed by atoms with Crippen LogP contribution >= 0.6 is 0 Å². The van der Waals surface area contributed by atoms with E-state index in [9.17, 15) is 14.7 Å². The molecule has 3 N–H and O–H groups in total. The number of hydrogen-bond acceptors (Lipinski definition) is 3. The van der Waals surface area contributed by atoms with Crippen LogP contribution in [0.5, 0.6) is 0 Å². The fourth-order valence-corrected chi connectivity index (χ4v) is 2.95. The van der Waals surface area contributed by atoms with Gasteiger partial charge in [0, 0.05) is 6.54 Å². The van der Waals surface area contributed by atoms with E-state index in [1.165, 1.54) is 0 Å². The Balaban J connectivity index is 1.93. The van der Waals surface area contributed by atoms with Gasteiger partial charge in [0.15, 0.2) is 0 Å². The highest BCUT2D eigenvalue weighted by Gasteiger charge is 2.46. The van der Waals surface area contributed by atoms with Gasteiger partial charge in [-0.15, -0.1) is 0 Å². The first-order chi connectivity index (χ1) is 8.55. The minimum absolute atomic E-state index is 0.0324. The molecule has 1 aliphatic heterocycles. The number of amides is 1. The zero-order valence-corrected chi connectivity index (χ0v) is 10.9. The predicted octanol–water partition coefficient (Wildman–Crippen LogP) is 0.890. The van der Waals surface area contributed by atoms with Crippen LogP contribution in [-0.2, 0) is 9.59 Å². The van der Waals surface area contributed by atoms with Gasteiger partial charge in [0.25, 0.3) is 0 Å². The Kier molecular flexibility index (Phi) is 3.61. The molecule has 0 aromatic heterocycles. The van der Waals surface area contributed by atoms with E-state index in [1.807, 2.05) is 6.92 Å². The van der Waals surface area contributed by atoms with Gasteiger partial charge in [-0.25, -0.2) is 0 Å². The van der Waals surface area contributed by atoms with Gasteiger partial charge >= 0.3 is 5.97 Å². The number of aliphatic carboxylic acids is 1. The van der Waals surface area contributed by atoms with Crippen LogP contribution in [0.25, 0.3) is 0 Å². The van der Waals surface area contributed by atoms with Crippen molar-refractivity contribution in [1.82, 2.24) is 10.6 Å². The molecule has 2 aliphatic rings. The molecule has 0 spiro atoms. The van der Waals surface area contributed by atoms with Crippen LogP contribution < -0.4 is 10.6 Å². The molecule has 2 rings (SSSR count). The number of hydrogen-bond donors (Lipinski definition) is 3. The molecule has 2 fully saturated rings. The second-order valence-corrected chi connectivity index (χ2v) is 5.59. The summed E-state index contributed by atoms with van der Waals surface area (Å²) in [6, 6.07) is 0. The smallest absolute Gasteiger partial charge is 0.311 e. The molecular formula is C13H22N2O3. The lowest BCUT2D eigenvalue weighted by Gasteiger charge is -2.38. The Bertz CT molecular complexity index is 344. The predicted molar refractivity (Wildman–Crippen MR) is 67.2 cm³/mol. The van der Waals surface area contributed by atoms with E-state index in [0.29, 0.717) is 12.8 Å². The standard InChI is InChI=1S/C13H22N2O3/c1-2-13(7-4-8-15-13)10(16)14-9-12(11(17)18)5-3-6-12/h15H,2-9H2,1H3,(H,14,16)(H,17,18). The Labute approximate surface area is 107 Å². The lowest BCUT2D eigenvalue weighted by atomic mass is 9.68. The molecule has 1 saturated carbocycles. The first-order valence-electron chi connectivity index (χ1n) is 6.81. The third-order valence-electron chi connectivity index (χ3n) is 4.63. The maximum absolute atomic E-state index is 12.2. The van der Waals surface area contributed by atoms with Crippen LogP contribution in [-0.4, -0.2) is 35.6 Å². The number of nitrogens with one attached hydrogen (secondary N) is 2. The summed E-state index contributed by atoms with van der Waals surface area (Å²) in [5, 5.41) is 15.3. The summed E-state index contributed by atoms with van der Waals surface area (Å²) in [6.07, 6.45) is 4.89. The minimum atomic E-state index is -0.779. The normalized spacial score (nSPS) is 29.6. The molecule has 18 heavy (non-hydrogen) atoms. The number of carbonyl (C=O) groups is 2. The van der Waals surface area contributed by atoms with E-state index < -0.39 is 16.9 Å². The van der Waals surface area contributed by atoms with Gasteiger partial charge in [0.05, 0.1) is 11.0 Å². The maximum Gasteiger partial charge on any atom is 0.311 e. The third kappa shape index (κ3) is 2.11. The molecule has 0 radical (unpaired) electrons. The molecule has 0 bridgehead atoms. The summed E-state index contributed by atoms with van der Waals surface area (Å²) in [6.45, 7) is 3.13. The van der Waals surface area contributed by atoms with E-state index in [4.69, 9.17) is 0 Å². The Morgan fingerprint density at radius 1 is 1.28 bits per heavy atom. The molecule has 5 heteroatoms. The quantitative estimate of drug-likeness (QED) is 0.681. The van der Waals surface area contributed by atoms with Crippen LogP contribution in [0.3, 0.4) is 0 Å². The summed E-state index contributed by atoms with van der Waals surface area (Å²) >= 11 is 0. The third-order valence-corrected chi connectivity index (χ3v) is 4.63. The van der Waals surface area contributed by atoms with Crippen molar-refractivity contribution in [2.24, 2.45) is 5.41 Å². The van der Waals surface area contributed by atoms with Gasteiger partial charge in [0.2, 0.25) is 5.91 Å². The van der Waals surface area contributed by atoms with E-state index >= 15 is 0 Å². The van der Waals surface area contributed by atoms with Crippen LogP contribution in [0.15, 0.2) is 0 Å². The van der Waals surface area contributed by atoms with Gasteiger partial charge in [0.1, 0.15) is 0 Å². The molecule has 1 atom stereocenters. The number of carboxylic acids is 1. The Hall–Kier alpha value is -1.10. The summed E-state index contributed by atoms with van der Waals surface area (Å²) in [4.78, 5) is 23.5.